The summed E-state index contributed by atoms with van der Waals surface area (Å²) in [4.78, 5) is 0. The Labute approximate surface area is 120 Å². The highest BCUT2D eigenvalue weighted by Gasteiger charge is 2.01. The van der Waals surface area contributed by atoms with Crippen LogP contribution in [0, 0.1) is 0 Å². The summed E-state index contributed by atoms with van der Waals surface area (Å²) in [5.74, 6) is 0.389. The molecule has 0 aliphatic carbocycles. The number of benzene rings is 1. The molecular weight excluding hydrogens is 310 g/mol. The van der Waals surface area contributed by atoms with E-state index in [4.69, 9.17) is 0 Å². The van der Waals surface area contributed by atoms with E-state index >= 15 is 0 Å². The molecule has 0 spiro atoms. The molecule has 2 N–H and O–H groups in total. The summed E-state index contributed by atoms with van der Waals surface area (Å²) in [6, 6.07) is 7.50. The number of hydrogen-bond acceptors (Lipinski definition) is 3. The van der Waals surface area contributed by atoms with Crippen molar-refractivity contribution >= 4 is 27.3 Å². The number of thiophene rings is 1. The van der Waals surface area contributed by atoms with Crippen LogP contribution >= 0.6 is 27.3 Å². The van der Waals surface area contributed by atoms with E-state index in [2.05, 4.69) is 32.0 Å². The molecule has 2 nitrogen and oxygen atoms in total. The van der Waals surface area contributed by atoms with Crippen molar-refractivity contribution in [3.05, 3.63) is 50.6 Å². The number of rotatable bonds is 6. The number of phenolic OH excluding ortho intramolecular Hbond substituents is 1. The summed E-state index contributed by atoms with van der Waals surface area (Å²) in [7, 11) is 0. The average molecular weight is 326 g/mol. The molecule has 0 saturated heterocycles. The fourth-order valence-electron chi connectivity index (χ4n) is 1.78. The first-order chi connectivity index (χ1) is 8.77. The summed E-state index contributed by atoms with van der Waals surface area (Å²) < 4.78 is 1.20. The van der Waals surface area contributed by atoms with E-state index in [1.807, 2.05) is 18.2 Å². The van der Waals surface area contributed by atoms with E-state index in [-0.39, 0.29) is 0 Å². The molecule has 0 unspecified atom stereocenters. The Kier molecular flexibility index (Phi) is 5.23. The first-order valence-corrected chi connectivity index (χ1v) is 7.69. The topological polar surface area (TPSA) is 32.3 Å². The van der Waals surface area contributed by atoms with Crippen LogP contribution in [0.25, 0.3) is 0 Å². The van der Waals surface area contributed by atoms with Gasteiger partial charge in [-0.05, 0) is 64.4 Å². The van der Waals surface area contributed by atoms with Crippen LogP contribution in [0.1, 0.15) is 11.1 Å². The van der Waals surface area contributed by atoms with Gasteiger partial charge in [-0.2, -0.15) is 11.3 Å². The van der Waals surface area contributed by atoms with E-state index in [0.29, 0.717) is 5.75 Å². The third-order valence-corrected chi connectivity index (χ3v) is 4.66. The van der Waals surface area contributed by atoms with Crippen LogP contribution in [0.3, 0.4) is 0 Å². The Balaban J connectivity index is 1.68. The third-order valence-electron chi connectivity index (χ3n) is 2.82. The molecule has 0 atom stereocenters. The number of para-hydroxylation sites is 1. The van der Waals surface area contributed by atoms with Gasteiger partial charge in [0, 0.05) is 9.85 Å². The standard InChI is InChI=1S/C14H16BrNOS/c15-13-10-18-9-12(13)6-8-16-7-5-11-3-1-2-4-14(11)17/h1-4,9-10,16-17H,5-8H2. The molecule has 0 bridgehead atoms. The van der Waals surface area contributed by atoms with Gasteiger partial charge in [0.15, 0.2) is 0 Å². The second-order valence-corrected chi connectivity index (χ2v) is 5.72. The predicted octanol–water partition coefficient (Wildman–Crippen LogP) is 3.59. The van der Waals surface area contributed by atoms with Crippen molar-refractivity contribution in [1.82, 2.24) is 5.32 Å². The van der Waals surface area contributed by atoms with Gasteiger partial charge < -0.3 is 10.4 Å². The van der Waals surface area contributed by atoms with E-state index in [1.165, 1.54) is 10.0 Å². The third kappa shape index (κ3) is 3.83. The van der Waals surface area contributed by atoms with Crippen LogP contribution in [0.5, 0.6) is 5.75 Å². The average Bonchev–Trinajstić information content (AvgIpc) is 2.77. The molecule has 96 valence electrons. The first kappa shape index (κ1) is 13.6. The SMILES string of the molecule is Oc1ccccc1CCNCCc1cscc1Br. The summed E-state index contributed by atoms with van der Waals surface area (Å²) in [6.07, 6.45) is 1.89. The Hall–Kier alpha value is -0.840. The Bertz CT molecular complexity index is 498. The molecule has 0 saturated carbocycles. The Morgan fingerprint density at radius 3 is 2.44 bits per heavy atom. The molecule has 0 aliphatic rings. The molecule has 1 aromatic carbocycles. The van der Waals surface area contributed by atoms with Crippen molar-refractivity contribution in [2.24, 2.45) is 0 Å². The lowest BCUT2D eigenvalue weighted by Gasteiger charge is -2.06. The highest BCUT2D eigenvalue weighted by molar-refractivity contribution is 9.10. The minimum atomic E-state index is 0.389. The van der Waals surface area contributed by atoms with Crippen LogP contribution in [0.2, 0.25) is 0 Å². The highest BCUT2D eigenvalue weighted by atomic mass is 79.9. The second kappa shape index (κ2) is 6.92. The monoisotopic (exact) mass is 325 g/mol. The van der Waals surface area contributed by atoms with Crippen molar-refractivity contribution in [3.8, 4) is 5.75 Å². The molecule has 1 heterocycles. The van der Waals surface area contributed by atoms with Crippen molar-refractivity contribution in [3.63, 3.8) is 0 Å². The van der Waals surface area contributed by atoms with Gasteiger partial charge in [0.2, 0.25) is 0 Å². The minimum absolute atomic E-state index is 0.389. The van der Waals surface area contributed by atoms with Gasteiger partial charge in [-0.3, -0.25) is 0 Å². The van der Waals surface area contributed by atoms with E-state index < -0.39 is 0 Å². The lowest BCUT2D eigenvalue weighted by Crippen LogP contribution is -2.20. The van der Waals surface area contributed by atoms with Gasteiger partial charge in [-0.15, -0.1) is 0 Å². The van der Waals surface area contributed by atoms with Crippen LogP contribution in [-0.4, -0.2) is 18.2 Å². The van der Waals surface area contributed by atoms with Gasteiger partial charge in [-0.1, -0.05) is 18.2 Å². The molecule has 0 radical (unpaired) electrons. The zero-order chi connectivity index (χ0) is 12.8. The molecule has 2 rings (SSSR count). The molecule has 0 aliphatic heterocycles. The smallest absolute Gasteiger partial charge is 0.118 e. The molecule has 2 aromatic rings. The lowest BCUT2D eigenvalue weighted by atomic mass is 10.1. The molecule has 4 heteroatoms. The maximum Gasteiger partial charge on any atom is 0.118 e. The number of aromatic hydroxyl groups is 1. The zero-order valence-electron chi connectivity index (χ0n) is 10.0. The van der Waals surface area contributed by atoms with Crippen LogP contribution in [0.4, 0.5) is 0 Å². The highest BCUT2D eigenvalue weighted by Crippen LogP contribution is 2.21. The number of nitrogens with one attached hydrogen (secondary N) is 1. The van der Waals surface area contributed by atoms with Crippen LogP contribution in [-0.2, 0) is 12.8 Å². The van der Waals surface area contributed by atoms with E-state index in [9.17, 15) is 5.11 Å². The maximum atomic E-state index is 9.62. The van der Waals surface area contributed by atoms with Gasteiger partial charge >= 0.3 is 0 Å². The van der Waals surface area contributed by atoms with Crippen LogP contribution < -0.4 is 5.32 Å². The molecular formula is C14H16BrNOS. The zero-order valence-corrected chi connectivity index (χ0v) is 12.4. The fourth-order valence-corrected chi connectivity index (χ4v) is 3.32. The summed E-state index contributed by atoms with van der Waals surface area (Å²) >= 11 is 5.25. The van der Waals surface area contributed by atoms with Gasteiger partial charge in [0.1, 0.15) is 5.75 Å². The minimum Gasteiger partial charge on any atom is -0.508 e. The van der Waals surface area contributed by atoms with Gasteiger partial charge in [0.05, 0.1) is 0 Å². The fraction of sp³-hybridized carbons (Fsp3) is 0.286. The number of phenols is 1. The van der Waals surface area contributed by atoms with Crippen molar-refractivity contribution in [2.45, 2.75) is 12.8 Å². The largest absolute Gasteiger partial charge is 0.508 e. The van der Waals surface area contributed by atoms with Crippen molar-refractivity contribution in [2.75, 3.05) is 13.1 Å². The molecule has 1 aromatic heterocycles. The molecule has 18 heavy (non-hydrogen) atoms. The van der Waals surface area contributed by atoms with Crippen LogP contribution in [0.15, 0.2) is 39.5 Å². The summed E-state index contributed by atoms with van der Waals surface area (Å²) in [5.41, 5.74) is 2.36. The summed E-state index contributed by atoms with van der Waals surface area (Å²) in [5, 5.41) is 17.3. The molecule has 0 fully saturated rings. The lowest BCUT2D eigenvalue weighted by molar-refractivity contribution is 0.467. The predicted molar refractivity (Wildman–Crippen MR) is 80.4 cm³/mol. The Morgan fingerprint density at radius 2 is 1.78 bits per heavy atom. The van der Waals surface area contributed by atoms with Gasteiger partial charge in [-0.25, -0.2) is 0 Å². The number of halogens is 1. The normalized spacial score (nSPS) is 10.7. The van der Waals surface area contributed by atoms with E-state index in [1.54, 1.807) is 17.4 Å². The number of hydrogen-bond donors (Lipinski definition) is 2. The van der Waals surface area contributed by atoms with E-state index in [0.717, 1.165) is 31.5 Å². The Morgan fingerprint density at radius 1 is 1.06 bits per heavy atom. The summed E-state index contributed by atoms with van der Waals surface area (Å²) in [6.45, 7) is 1.85. The first-order valence-electron chi connectivity index (χ1n) is 5.95. The molecule has 0 amide bonds. The quantitative estimate of drug-likeness (QED) is 0.795. The van der Waals surface area contributed by atoms with Gasteiger partial charge in [0.25, 0.3) is 0 Å². The maximum absolute atomic E-state index is 9.62. The van der Waals surface area contributed by atoms with Crippen molar-refractivity contribution < 1.29 is 5.11 Å². The van der Waals surface area contributed by atoms with Crippen molar-refractivity contribution in [1.29, 1.82) is 0 Å². The second-order valence-electron chi connectivity index (χ2n) is 4.12.